The second-order valence-electron chi connectivity index (χ2n) is 4.58. The Morgan fingerprint density at radius 1 is 1.38 bits per heavy atom. The minimum Gasteiger partial charge on any atom is -0.377 e. The third-order valence-corrected chi connectivity index (χ3v) is 5.63. The Morgan fingerprint density at radius 2 is 2.19 bits per heavy atom. The van der Waals surface area contributed by atoms with Crippen LogP contribution in [0, 0.1) is 5.92 Å². The summed E-state index contributed by atoms with van der Waals surface area (Å²) in [5, 5.41) is 0. The van der Waals surface area contributed by atoms with E-state index in [-0.39, 0.29) is 11.9 Å². The van der Waals surface area contributed by atoms with Gasteiger partial charge in [0, 0.05) is 25.6 Å². The number of ether oxygens (including phenoxy) is 1. The van der Waals surface area contributed by atoms with Crippen LogP contribution >= 0.6 is 11.6 Å². The number of hydrogen-bond donors (Lipinski definition) is 0. The molecule has 0 aromatic heterocycles. The maximum atomic E-state index is 12.1. The summed E-state index contributed by atoms with van der Waals surface area (Å²) in [7, 11) is -3.14. The van der Waals surface area contributed by atoms with Gasteiger partial charge in [0.25, 0.3) is 0 Å². The van der Waals surface area contributed by atoms with Crippen LogP contribution in [0.5, 0.6) is 0 Å². The zero-order valence-corrected chi connectivity index (χ0v) is 10.8. The quantitative estimate of drug-likeness (QED) is 0.716. The molecule has 0 bridgehead atoms. The fraction of sp³-hybridized carbons (Fsp3) is 1.00. The Bertz CT molecular complexity index is 327. The van der Waals surface area contributed by atoms with Crippen LogP contribution in [0.15, 0.2) is 0 Å². The van der Waals surface area contributed by atoms with Crippen molar-refractivity contribution in [2.45, 2.75) is 25.4 Å². The molecule has 6 heteroatoms. The van der Waals surface area contributed by atoms with Crippen molar-refractivity contribution in [3.8, 4) is 0 Å². The minimum atomic E-state index is -3.14. The number of halogens is 1. The standard InChI is InChI=1S/C10H18ClNO3S/c11-6-9-3-4-12(7-9)16(13,14)8-10-2-1-5-15-10/h9-10H,1-8H2. The first-order valence-corrected chi connectivity index (χ1v) is 7.91. The van der Waals surface area contributed by atoms with Gasteiger partial charge in [-0.25, -0.2) is 12.7 Å². The molecule has 0 amide bonds. The van der Waals surface area contributed by atoms with E-state index in [0.29, 0.717) is 31.5 Å². The first kappa shape index (κ1) is 12.6. The Kier molecular flexibility index (Phi) is 4.11. The van der Waals surface area contributed by atoms with Crippen LogP contribution < -0.4 is 0 Å². The lowest BCUT2D eigenvalue weighted by molar-refractivity contribution is 0.126. The molecule has 0 aromatic carbocycles. The molecule has 0 radical (unpaired) electrons. The summed E-state index contributed by atoms with van der Waals surface area (Å²) in [6.07, 6.45) is 2.63. The number of nitrogens with zero attached hydrogens (tertiary/aromatic N) is 1. The van der Waals surface area contributed by atoms with Crippen molar-refractivity contribution < 1.29 is 13.2 Å². The molecule has 2 rings (SSSR count). The second-order valence-corrected chi connectivity index (χ2v) is 6.90. The van der Waals surface area contributed by atoms with Gasteiger partial charge in [0.2, 0.25) is 10.0 Å². The van der Waals surface area contributed by atoms with Gasteiger partial charge in [-0.3, -0.25) is 0 Å². The van der Waals surface area contributed by atoms with E-state index in [0.717, 1.165) is 19.3 Å². The molecule has 0 spiro atoms. The Labute approximate surface area is 102 Å². The molecule has 2 fully saturated rings. The van der Waals surface area contributed by atoms with Crippen LogP contribution in [0.4, 0.5) is 0 Å². The molecule has 2 unspecified atom stereocenters. The molecule has 0 N–H and O–H groups in total. The lowest BCUT2D eigenvalue weighted by atomic mass is 10.2. The lowest BCUT2D eigenvalue weighted by Crippen LogP contribution is -2.35. The highest BCUT2D eigenvalue weighted by Gasteiger charge is 2.33. The topological polar surface area (TPSA) is 46.6 Å². The van der Waals surface area contributed by atoms with Crippen LogP contribution in [0.3, 0.4) is 0 Å². The van der Waals surface area contributed by atoms with Gasteiger partial charge in [-0.05, 0) is 25.2 Å². The molecule has 2 aliphatic heterocycles. The smallest absolute Gasteiger partial charge is 0.216 e. The molecule has 16 heavy (non-hydrogen) atoms. The zero-order chi connectivity index (χ0) is 11.6. The van der Waals surface area contributed by atoms with Gasteiger partial charge >= 0.3 is 0 Å². The Morgan fingerprint density at radius 3 is 2.75 bits per heavy atom. The molecule has 94 valence electrons. The third-order valence-electron chi connectivity index (χ3n) is 3.28. The predicted molar refractivity (Wildman–Crippen MR) is 63.2 cm³/mol. The molecule has 4 nitrogen and oxygen atoms in total. The van der Waals surface area contributed by atoms with E-state index in [4.69, 9.17) is 16.3 Å². The zero-order valence-electron chi connectivity index (χ0n) is 9.27. The predicted octanol–water partition coefficient (Wildman–Crippen LogP) is 1.06. The Hall–Kier alpha value is 0.160. The summed E-state index contributed by atoms with van der Waals surface area (Å²) in [6, 6.07) is 0. The highest BCUT2D eigenvalue weighted by Crippen LogP contribution is 2.23. The van der Waals surface area contributed by atoms with E-state index in [2.05, 4.69) is 0 Å². The van der Waals surface area contributed by atoms with Gasteiger partial charge in [0.1, 0.15) is 0 Å². The average molecular weight is 268 g/mol. The van der Waals surface area contributed by atoms with Crippen molar-refractivity contribution in [3.63, 3.8) is 0 Å². The van der Waals surface area contributed by atoms with Crippen LogP contribution in [0.25, 0.3) is 0 Å². The summed E-state index contributed by atoms with van der Waals surface area (Å²) in [5.41, 5.74) is 0. The molecule has 2 heterocycles. The van der Waals surface area contributed by atoms with Gasteiger partial charge in [-0.15, -0.1) is 11.6 Å². The first-order valence-electron chi connectivity index (χ1n) is 5.77. The third kappa shape index (κ3) is 2.88. The summed E-state index contributed by atoms with van der Waals surface area (Å²) in [4.78, 5) is 0. The molecule has 2 saturated heterocycles. The largest absolute Gasteiger partial charge is 0.377 e. The van der Waals surface area contributed by atoms with Crippen molar-refractivity contribution in [3.05, 3.63) is 0 Å². The van der Waals surface area contributed by atoms with Crippen molar-refractivity contribution in [1.82, 2.24) is 4.31 Å². The van der Waals surface area contributed by atoms with E-state index in [1.807, 2.05) is 0 Å². The van der Waals surface area contributed by atoms with E-state index >= 15 is 0 Å². The van der Waals surface area contributed by atoms with Crippen LogP contribution in [-0.2, 0) is 14.8 Å². The maximum Gasteiger partial charge on any atom is 0.216 e. The second kappa shape index (κ2) is 5.21. The monoisotopic (exact) mass is 267 g/mol. The molecule has 2 aliphatic rings. The lowest BCUT2D eigenvalue weighted by Gasteiger charge is -2.18. The minimum absolute atomic E-state index is 0.0972. The molecular weight excluding hydrogens is 250 g/mol. The van der Waals surface area contributed by atoms with Gasteiger partial charge in [0.05, 0.1) is 11.9 Å². The van der Waals surface area contributed by atoms with E-state index in [9.17, 15) is 8.42 Å². The number of sulfonamides is 1. The van der Waals surface area contributed by atoms with Gasteiger partial charge in [-0.2, -0.15) is 0 Å². The van der Waals surface area contributed by atoms with Gasteiger partial charge in [-0.1, -0.05) is 0 Å². The summed E-state index contributed by atoms with van der Waals surface area (Å²) < 4.78 is 31.0. The van der Waals surface area contributed by atoms with Crippen molar-refractivity contribution in [2.24, 2.45) is 5.92 Å². The van der Waals surface area contributed by atoms with Gasteiger partial charge < -0.3 is 4.74 Å². The summed E-state index contributed by atoms with van der Waals surface area (Å²) in [5.74, 6) is 1.01. The number of alkyl halides is 1. The van der Waals surface area contributed by atoms with Crippen LogP contribution in [0.1, 0.15) is 19.3 Å². The molecule has 0 aliphatic carbocycles. The SMILES string of the molecule is O=S(=O)(CC1CCCO1)N1CCC(CCl)C1. The van der Waals surface area contributed by atoms with Gasteiger partial charge in [0.15, 0.2) is 0 Å². The molecule has 2 atom stereocenters. The fourth-order valence-corrected chi connectivity index (χ4v) is 4.31. The van der Waals surface area contributed by atoms with Crippen molar-refractivity contribution in [1.29, 1.82) is 0 Å². The van der Waals surface area contributed by atoms with Crippen molar-refractivity contribution >= 4 is 21.6 Å². The van der Waals surface area contributed by atoms with Crippen LogP contribution in [0.2, 0.25) is 0 Å². The highest BCUT2D eigenvalue weighted by atomic mass is 35.5. The van der Waals surface area contributed by atoms with E-state index in [1.165, 1.54) is 0 Å². The summed E-state index contributed by atoms with van der Waals surface area (Å²) in [6.45, 7) is 1.90. The molecular formula is C10H18ClNO3S. The molecule has 0 saturated carbocycles. The molecule has 0 aromatic rings. The van der Waals surface area contributed by atoms with E-state index < -0.39 is 10.0 Å². The number of hydrogen-bond acceptors (Lipinski definition) is 3. The number of rotatable bonds is 4. The van der Waals surface area contributed by atoms with E-state index in [1.54, 1.807) is 4.31 Å². The fourth-order valence-electron chi connectivity index (χ4n) is 2.29. The first-order chi connectivity index (χ1) is 7.62. The Balaban J connectivity index is 1.91. The van der Waals surface area contributed by atoms with Crippen LogP contribution in [-0.4, -0.2) is 50.2 Å². The normalized spacial score (nSPS) is 32.3. The summed E-state index contributed by atoms with van der Waals surface area (Å²) >= 11 is 5.75. The average Bonchev–Trinajstić information content (AvgIpc) is 2.85. The maximum absolute atomic E-state index is 12.1. The van der Waals surface area contributed by atoms with Crippen molar-refractivity contribution in [2.75, 3.05) is 31.3 Å². The highest BCUT2D eigenvalue weighted by molar-refractivity contribution is 7.89.